The third kappa shape index (κ3) is 4.26. The van der Waals surface area contributed by atoms with E-state index in [0.29, 0.717) is 17.1 Å². The number of hydrogen-bond acceptors (Lipinski definition) is 4. The van der Waals surface area contributed by atoms with Crippen molar-refractivity contribution in [3.63, 3.8) is 0 Å². The molecule has 0 amide bonds. The van der Waals surface area contributed by atoms with Crippen LogP contribution in [0.15, 0.2) is 66.2 Å². The summed E-state index contributed by atoms with van der Waals surface area (Å²) in [5.74, 6) is 0.899. The predicted octanol–water partition coefficient (Wildman–Crippen LogP) is 5.83. The fraction of sp³-hybridized carbons (Fsp3) is 0.333. The Balaban J connectivity index is 1.72. The van der Waals surface area contributed by atoms with Gasteiger partial charge < -0.3 is 9.47 Å². The molecule has 0 N–H and O–H groups in total. The number of carbonyl (C=O) groups is 1. The van der Waals surface area contributed by atoms with E-state index in [-0.39, 0.29) is 23.2 Å². The van der Waals surface area contributed by atoms with E-state index < -0.39 is 6.10 Å². The lowest BCUT2D eigenvalue weighted by molar-refractivity contribution is -0.149. The van der Waals surface area contributed by atoms with Gasteiger partial charge in [-0.15, -0.1) is 0 Å². The van der Waals surface area contributed by atoms with Gasteiger partial charge in [0.15, 0.2) is 0 Å². The first-order valence-electron chi connectivity index (χ1n) is 9.41. The maximum Gasteiger partial charge on any atom is 0.311 e. The van der Waals surface area contributed by atoms with Crippen molar-refractivity contribution in [2.75, 3.05) is 0 Å². The number of nitriles is 1. The van der Waals surface area contributed by atoms with Crippen LogP contribution in [0, 0.1) is 28.6 Å². The number of allylic oxidation sites excluding steroid dienone is 2. The van der Waals surface area contributed by atoms with Crippen LogP contribution in [0.3, 0.4) is 0 Å². The van der Waals surface area contributed by atoms with Crippen LogP contribution < -0.4 is 4.74 Å². The normalized spacial score (nSPS) is 20.4. The van der Waals surface area contributed by atoms with Gasteiger partial charge in [0.25, 0.3) is 0 Å². The minimum atomic E-state index is -0.962. The third-order valence-electron chi connectivity index (χ3n) is 5.17. The quantitative estimate of drug-likeness (QED) is 0.471. The van der Waals surface area contributed by atoms with E-state index in [4.69, 9.17) is 9.47 Å². The molecule has 0 aromatic heterocycles. The molecule has 2 aromatic carbocycles. The van der Waals surface area contributed by atoms with Crippen LogP contribution in [-0.4, -0.2) is 5.97 Å². The van der Waals surface area contributed by atoms with Gasteiger partial charge in [-0.1, -0.05) is 55.8 Å². The second kappa shape index (κ2) is 7.90. The summed E-state index contributed by atoms with van der Waals surface area (Å²) in [7, 11) is 0. The molecule has 0 heterocycles. The summed E-state index contributed by atoms with van der Waals surface area (Å²) in [5.41, 5.74) is 1.63. The molecule has 2 unspecified atom stereocenters. The van der Waals surface area contributed by atoms with E-state index in [1.165, 1.54) is 5.57 Å². The fourth-order valence-corrected chi connectivity index (χ4v) is 3.52. The molecule has 0 radical (unpaired) electrons. The minimum Gasteiger partial charge on any atom is -0.457 e. The van der Waals surface area contributed by atoms with Crippen LogP contribution in [0.25, 0.3) is 0 Å². The van der Waals surface area contributed by atoms with Crippen molar-refractivity contribution >= 4 is 5.97 Å². The standard InChI is InChI=1S/C24H25NO3/c1-16(2)13-20-22(24(20,3)4)23(26)28-21(15-25)17-9-8-12-19(14-17)27-18-10-6-5-7-11-18/h5-14,20-22H,1-4H3/t20?,21?,22-/m1/s1. The lowest BCUT2D eigenvalue weighted by Gasteiger charge is -2.13. The molecule has 0 saturated heterocycles. The highest BCUT2D eigenvalue weighted by molar-refractivity contribution is 5.78. The van der Waals surface area contributed by atoms with Crippen molar-refractivity contribution in [1.82, 2.24) is 0 Å². The highest BCUT2D eigenvalue weighted by Crippen LogP contribution is 2.60. The summed E-state index contributed by atoms with van der Waals surface area (Å²) in [5, 5.41) is 9.57. The first kappa shape index (κ1) is 19.7. The summed E-state index contributed by atoms with van der Waals surface area (Å²) < 4.78 is 11.4. The molecule has 2 aromatic rings. The molecule has 1 aliphatic carbocycles. The lowest BCUT2D eigenvalue weighted by Crippen LogP contribution is -2.14. The molecule has 28 heavy (non-hydrogen) atoms. The largest absolute Gasteiger partial charge is 0.457 e. The Labute approximate surface area is 166 Å². The summed E-state index contributed by atoms with van der Waals surface area (Å²) in [6, 6.07) is 18.6. The van der Waals surface area contributed by atoms with Crippen LogP contribution in [0.2, 0.25) is 0 Å². The minimum absolute atomic E-state index is 0.146. The van der Waals surface area contributed by atoms with Gasteiger partial charge in [0, 0.05) is 5.56 Å². The Bertz CT molecular complexity index is 920. The molecule has 3 rings (SSSR count). The predicted molar refractivity (Wildman–Crippen MR) is 108 cm³/mol. The lowest BCUT2D eigenvalue weighted by atomic mass is 10.1. The molecule has 4 nitrogen and oxygen atoms in total. The third-order valence-corrected chi connectivity index (χ3v) is 5.17. The highest BCUT2D eigenvalue weighted by atomic mass is 16.5. The molecule has 0 aliphatic heterocycles. The van der Waals surface area contributed by atoms with E-state index >= 15 is 0 Å². The molecular weight excluding hydrogens is 350 g/mol. The van der Waals surface area contributed by atoms with Crippen LogP contribution >= 0.6 is 0 Å². The number of hydrogen-bond donors (Lipinski definition) is 0. The van der Waals surface area contributed by atoms with Crippen LogP contribution in [0.5, 0.6) is 11.5 Å². The monoisotopic (exact) mass is 375 g/mol. The second-order valence-electron chi connectivity index (χ2n) is 8.00. The zero-order valence-electron chi connectivity index (χ0n) is 16.7. The zero-order valence-corrected chi connectivity index (χ0v) is 16.7. The van der Waals surface area contributed by atoms with E-state index in [1.54, 1.807) is 18.2 Å². The highest BCUT2D eigenvalue weighted by Gasteiger charge is 2.61. The first-order chi connectivity index (χ1) is 13.3. The number of para-hydroxylation sites is 1. The van der Waals surface area contributed by atoms with Crippen LogP contribution in [-0.2, 0) is 9.53 Å². The van der Waals surface area contributed by atoms with E-state index in [9.17, 15) is 10.1 Å². The van der Waals surface area contributed by atoms with Crippen molar-refractivity contribution in [2.24, 2.45) is 17.3 Å². The van der Waals surface area contributed by atoms with Gasteiger partial charge in [-0.05, 0) is 49.4 Å². The van der Waals surface area contributed by atoms with Crippen LogP contribution in [0.1, 0.15) is 39.4 Å². The van der Waals surface area contributed by atoms with Crippen molar-refractivity contribution in [3.8, 4) is 17.6 Å². The van der Waals surface area contributed by atoms with Crippen molar-refractivity contribution in [3.05, 3.63) is 71.8 Å². The maximum absolute atomic E-state index is 12.7. The number of benzene rings is 2. The molecule has 3 atom stereocenters. The average Bonchev–Trinajstić information content (AvgIpc) is 3.20. The number of ether oxygens (including phenoxy) is 2. The summed E-state index contributed by atoms with van der Waals surface area (Å²) in [6.45, 7) is 8.15. The number of nitrogens with zero attached hydrogens (tertiary/aromatic N) is 1. The number of esters is 1. The zero-order chi connectivity index (χ0) is 20.3. The van der Waals surface area contributed by atoms with E-state index in [2.05, 4.69) is 26.0 Å². The molecule has 1 aliphatic rings. The SMILES string of the molecule is CC(C)=CC1[C@H](C(=O)OC(C#N)c2cccc(Oc3ccccc3)c2)C1(C)C. The van der Waals surface area contributed by atoms with Crippen LogP contribution in [0.4, 0.5) is 0 Å². The van der Waals surface area contributed by atoms with Gasteiger partial charge in [-0.25, -0.2) is 0 Å². The second-order valence-corrected chi connectivity index (χ2v) is 8.00. The van der Waals surface area contributed by atoms with Gasteiger partial charge in [-0.2, -0.15) is 5.26 Å². The Morgan fingerprint density at radius 3 is 2.43 bits per heavy atom. The first-order valence-corrected chi connectivity index (χ1v) is 9.41. The van der Waals surface area contributed by atoms with Gasteiger partial charge in [0.2, 0.25) is 6.10 Å². The van der Waals surface area contributed by atoms with Crippen molar-refractivity contribution < 1.29 is 14.3 Å². The van der Waals surface area contributed by atoms with Gasteiger partial charge in [0.05, 0.1) is 5.92 Å². The van der Waals surface area contributed by atoms with E-state index in [0.717, 1.165) is 0 Å². The fourth-order valence-electron chi connectivity index (χ4n) is 3.52. The molecule has 144 valence electrons. The Morgan fingerprint density at radius 1 is 1.11 bits per heavy atom. The number of carbonyl (C=O) groups excluding carboxylic acids is 1. The molecular formula is C24H25NO3. The summed E-state index contributed by atoms with van der Waals surface area (Å²) in [4.78, 5) is 12.7. The van der Waals surface area contributed by atoms with Gasteiger partial charge in [0.1, 0.15) is 17.6 Å². The Hall–Kier alpha value is -3.06. The van der Waals surface area contributed by atoms with Gasteiger partial charge in [-0.3, -0.25) is 4.79 Å². The molecule has 4 heteroatoms. The van der Waals surface area contributed by atoms with Gasteiger partial charge >= 0.3 is 5.97 Å². The summed E-state index contributed by atoms with van der Waals surface area (Å²) >= 11 is 0. The molecule has 0 spiro atoms. The molecule has 1 saturated carbocycles. The van der Waals surface area contributed by atoms with Crippen molar-refractivity contribution in [2.45, 2.75) is 33.8 Å². The topological polar surface area (TPSA) is 59.3 Å². The molecule has 0 bridgehead atoms. The van der Waals surface area contributed by atoms with E-state index in [1.807, 2.05) is 50.2 Å². The summed E-state index contributed by atoms with van der Waals surface area (Å²) in [6.07, 6.45) is 1.15. The molecule has 1 fully saturated rings. The van der Waals surface area contributed by atoms with Crippen molar-refractivity contribution in [1.29, 1.82) is 5.26 Å². The average molecular weight is 375 g/mol. The Morgan fingerprint density at radius 2 is 1.79 bits per heavy atom. The smallest absolute Gasteiger partial charge is 0.311 e. The maximum atomic E-state index is 12.7. The Kier molecular flexibility index (Phi) is 5.56. The number of rotatable bonds is 6.